The van der Waals surface area contributed by atoms with Gasteiger partial charge in [-0.15, -0.1) is 0 Å². The van der Waals surface area contributed by atoms with Crippen molar-refractivity contribution in [2.45, 2.75) is 12.3 Å². The van der Waals surface area contributed by atoms with Crippen LogP contribution in [0, 0.1) is 0 Å². The Morgan fingerprint density at radius 3 is 2.77 bits per heavy atom. The molecule has 1 aliphatic rings. The molecule has 0 amide bonds. The Balaban J connectivity index is 2.03. The van der Waals surface area contributed by atoms with Gasteiger partial charge in [-0.2, -0.15) is 0 Å². The molecule has 5 nitrogen and oxygen atoms in total. The number of hydrogen-bond acceptors (Lipinski definition) is 4. The molecule has 3 rings (SSSR count). The zero-order valence-corrected chi connectivity index (χ0v) is 13.2. The molecule has 1 heterocycles. The second-order valence-corrected chi connectivity index (χ2v) is 5.62. The lowest BCUT2D eigenvalue weighted by Gasteiger charge is -2.18. The Labute approximate surface area is 134 Å². The highest BCUT2D eigenvalue weighted by atomic mass is 79.9. The Morgan fingerprint density at radius 1 is 1.45 bits per heavy atom. The van der Waals surface area contributed by atoms with Crippen LogP contribution < -0.4 is 0 Å². The Morgan fingerprint density at radius 2 is 2.14 bits per heavy atom. The van der Waals surface area contributed by atoms with Crippen molar-refractivity contribution in [2.24, 2.45) is 0 Å². The predicted octanol–water partition coefficient (Wildman–Crippen LogP) is 2.65. The number of aliphatic hydroxyl groups is 1. The van der Waals surface area contributed by atoms with Crippen LogP contribution >= 0.6 is 15.9 Å². The van der Waals surface area contributed by atoms with Gasteiger partial charge < -0.3 is 9.84 Å². The molecule has 1 aromatic heterocycles. The van der Waals surface area contributed by atoms with E-state index in [4.69, 9.17) is 0 Å². The van der Waals surface area contributed by atoms with E-state index in [2.05, 4.69) is 25.7 Å². The van der Waals surface area contributed by atoms with Crippen molar-refractivity contribution in [2.75, 3.05) is 7.11 Å². The largest absolute Gasteiger partial charge is 0.465 e. The van der Waals surface area contributed by atoms with Gasteiger partial charge in [0.25, 0.3) is 0 Å². The molecule has 7 heteroatoms. The fourth-order valence-electron chi connectivity index (χ4n) is 2.36. The normalized spacial score (nSPS) is 19.8. The molecule has 0 saturated carbocycles. The average molecular weight is 367 g/mol. The number of rotatable bonds is 2. The summed E-state index contributed by atoms with van der Waals surface area (Å²) in [6.07, 6.45) is 2.39. The number of alkyl halides is 1. The Hall–Kier alpha value is -1.99. The summed E-state index contributed by atoms with van der Waals surface area (Å²) >= 11 is 3.34. The lowest BCUT2D eigenvalue weighted by atomic mass is 10.0. The van der Waals surface area contributed by atoms with E-state index in [9.17, 15) is 14.3 Å². The number of methoxy groups -OCH3 is 1. The third kappa shape index (κ3) is 2.57. The van der Waals surface area contributed by atoms with Crippen LogP contribution in [-0.2, 0) is 11.2 Å². The number of aromatic nitrogens is 2. The van der Waals surface area contributed by atoms with Gasteiger partial charge in [0, 0.05) is 5.69 Å². The van der Waals surface area contributed by atoms with E-state index in [-0.39, 0.29) is 6.42 Å². The van der Waals surface area contributed by atoms with Crippen molar-refractivity contribution >= 4 is 28.0 Å². The molecule has 0 saturated heterocycles. The molecule has 22 heavy (non-hydrogen) atoms. The molecule has 1 atom stereocenters. The molecule has 1 N–H and O–H groups in total. The fraction of sp³-hybridized carbons (Fsp3) is 0.200. The molecule has 1 unspecified atom stereocenters. The number of imidazole rings is 1. The first-order valence-corrected chi connectivity index (χ1v) is 7.27. The zero-order chi connectivity index (χ0) is 15.9. The number of ether oxygens (including phenoxy) is 1. The molecular weight excluding hydrogens is 355 g/mol. The van der Waals surface area contributed by atoms with E-state index in [1.165, 1.54) is 13.2 Å². The summed E-state index contributed by atoms with van der Waals surface area (Å²) in [4.78, 5) is 15.7. The zero-order valence-electron chi connectivity index (χ0n) is 11.6. The van der Waals surface area contributed by atoms with Crippen LogP contribution in [-0.4, -0.2) is 33.6 Å². The molecule has 1 aliphatic carbocycles. The number of hydrogen-bond donors (Lipinski definition) is 1. The highest BCUT2D eigenvalue weighted by Gasteiger charge is 2.31. The predicted molar refractivity (Wildman–Crippen MR) is 81.4 cm³/mol. The van der Waals surface area contributed by atoms with Crippen molar-refractivity contribution < 1.29 is 19.0 Å². The van der Waals surface area contributed by atoms with Crippen molar-refractivity contribution in [1.82, 2.24) is 9.55 Å². The van der Waals surface area contributed by atoms with Crippen molar-refractivity contribution in [3.8, 4) is 5.69 Å². The summed E-state index contributed by atoms with van der Waals surface area (Å²) in [5.41, 5.74) is 2.32. The van der Waals surface area contributed by atoms with E-state index in [1.54, 1.807) is 28.8 Å². The van der Waals surface area contributed by atoms with Crippen molar-refractivity contribution in [3.63, 3.8) is 0 Å². The number of carbonyl (C=O) groups excluding carboxylic acids is 1. The summed E-state index contributed by atoms with van der Waals surface area (Å²) in [6.45, 7) is 0. The highest BCUT2D eigenvalue weighted by Crippen LogP contribution is 2.31. The van der Waals surface area contributed by atoms with E-state index >= 15 is 0 Å². The number of nitrogens with zero attached hydrogens (tertiary/aromatic N) is 2. The van der Waals surface area contributed by atoms with Gasteiger partial charge in [0.1, 0.15) is 0 Å². The number of esters is 1. The summed E-state index contributed by atoms with van der Waals surface area (Å²) in [5.74, 6) is -2.79. The molecule has 0 radical (unpaired) electrons. The quantitative estimate of drug-likeness (QED) is 0.829. The van der Waals surface area contributed by atoms with Crippen molar-refractivity contribution in [1.29, 1.82) is 0 Å². The average Bonchev–Trinajstić information content (AvgIpc) is 2.80. The smallest absolute Gasteiger partial charge is 0.337 e. The minimum Gasteiger partial charge on any atom is -0.465 e. The maximum Gasteiger partial charge on any atom is 0.337 e. The van der Waals surface area contributed by atoms with Crippen LogP contribution in [0.3, 0.4) is 0 Å². The molecule has 2 aromatic rings. The van der Waals surface area contributed by atoms with Crippen LogP contribution in [0.15, 0.2) is 35.1 Å². The third-order valence-electron chi connectivity index (χ3n) is 3.41. The van der Waals surface area contributed by atoms with Crippen molar-refractivity contribution in [3.05, 3.63) is 52.0 Å². The molecule has 0 fully saturated rings. The van der Waals surface area contributed by atoms with E-state index < -0.39 is 11.8 Å². The first kappa shape index (κ1) is 14.9. The maximum absolute atomic E-state index is 13.6. The number of carbonyl (C=O) groups is 1. The van der Waals surface area contributed by atoms with E-state index in [0.29, 0.717) is 21.7 Å². The molecule has 1 aromatic carbocycles. The Kier molecular flexibility index (Phi) is 3.62. The maximum atomic E-state index is 13.6. The van der Waals surface area contributed by atoms with Crippen LogP contribution in [0.2, 0.25) is 0 Å². The number of fused-ring (bicyclic) bond motifs is 1. The monoisotopic (exact) mass is 366 g/mol. The van der Waals surface area contributed by atoms with Crippen LogP contribution in [0.1, 0.15) is 21.7 Å². The van der Waals surface area contributed by atoms with E-state index in [0.717, 1.165) is 11.8 Å². The summed E-state index contributed by atoms with van der Waals surface area (Å²) in [7, 11) is 1.32. The number of halogens is 2. The highest BCUT2D eigenvalue weighted by molar-refractivity contribution is 9.10. The van der Waals surface area contributed by atoms with Crippen LogP contribution in [0.5, 0.6) is 0 Å². The van der Waals surface area contributed by atoms with Gasteiger partial charge in [0.2, 0.25) is 5.85 Å². The second kappa shape index (κ2) is 5.33. The molecule has 0 bridgehead atoms. The van der Waals surface area contributed by atoms with Gasteiger partial charge in [-0.25, -0.2) is 14.2 Å². The molecule has 0 spiro atoms. The van der Waals surface area contributed by atoms with Gasteiger partial charge in [0.05, 0.1) is 30.5 Å². The lowest BCUT2D eigenvalue weighted by molar-refractivity contribution is -0.0411. The number of benzene rings is 1. The minimum absolute atomic E-state index is 0.204. The molecule has 114 valence electrons. The fourth-order valence-corrected chi connectivity index (χ4v) is 2.97. The first-order valence-electron chi connectivity index (χ1n) is 6.48. The van der Waals surface area contributed by atoms with Gasteiger partial charge >= 0.3 is 5.97 Å². The van der Waals surface area contributed by atoms with E-state index in [1.807, 2.05) is 0 Å². The summed E-state index contributed by atoms with van der Waals surface area (Å²) in [6, 6.07) is 6.75. The molecular formula is C15H12BrFN2O3. The topological polar surface area (TPSA) is 64.4 Å². The van der Waals surface area contributed by atoms with Gasteiger partial charge in [-0.05, 0) is 52.3 Å². The standard InChI is InChI=1S/C15H12BrFN2O3/c1-22-13(20)9-2-4-10(5-3-9)19-12-6-7-15(17,21)8-11(12)18-14(19)16/h2-7,21H,8H2,1H3. The molecule has 0 aliphatic heterocycles. The van der Waals surface area contributed by atoms with Gasteiger partial charge in [-0.1, -0.05) is 0 Å². The lowest BCUT2D eigenvalue weighted by Crippen LogP contribution is -2.25. The minimum atomic E-state index is -2.37. The Bertz CT molecular complexity index is 766. The summed E-state index contributed by atoms with van der Waals surface area (Å²) in [5, 5.41) is 9.45. The summed E-state index contributed by atoms with van der Waals surface area (Å²) < 4.78 is 20.5. The first-order chi connectivity index (χ1) is 10.4. The van der Waals surface area contributed by atoms with Crippen LogP contribution in [0.25, 0.3) is 11.8 Å². The van der Waals surface area contributed by atoms with Gasteiger partial charge in [0.15, 0.2) is 4.73 Å². The van der Waals surface area contributed by atoms with Crippen LogP contribution in [0.4, 0.5) is 4.39 Å². The SMILES string of the molecule is COC(=O)c1ccc(-n2c(Br)nc3c2C=CC(O)(F)C3)cc1. The van der Waals surface area contributed by atoms with Gasteiger partial charge in [-0.3, -0.25) is 4.57 Å². The third-order valence-corrected chi connectivity index (χ3v) is 3.94. The second-order valence-electron chi connectivity index (χ2n) is 4.92.